The van der Waals surface area contributed by atoms with Gasteiger partial charge in [0.1, 0.15) is 24.0 Å². The van der Waals surface area contributed by atoms with Gasteiger partial charge in [-0.05, 0) is 30.7 Å². The summed E-state index contributed by atoms with van der Waals surface area (Å²) < 4.78 is 11.3. The first-order chi connectivity index (χ1) is 11.1. The summed E-state index contributed by atoms with van der Waals surface area (Å²) in [6.45, 7) is 4.94. The maximum absolute atomic E-state index is 12.0. The molecule has 0 aliphatic carbocycles. The lowest BCUT2D eigenvalue weighted by Crippen LogP contribution is -2.26. The number of ether oxygens (including phenoxy) is 2. The Bertz CT molecular complexity index is 621. The average molecular weight is 379 g/mol. The number of rotatable bonds is 9. The van der Waals surface area contributed by atoms with Gasteiger partial charge in [0.2, 0.25) is 0 Å². The van der Waals surface area contributed by atoms with E-state index in [4.69, 9.17) is 9.47 Å². The van der Waals surface area contributed by atoms with Gasteiger partial charge >= 0.3 is 0 Å². The van der Waals surface area contributed by atoms with Gasteiger partial charge in [0.15, 0.2) is 0 Å². The normalized spacial score (nSPS) is 10.7. The molecule has 5 nitrogen and oxygen atoms in total. The Kier molecular flexibility index (Phi) is 8.73. The Morgan fingerprint density at radius 1 is 1.52 bits per heavy atom. The summed E-state index contributed by atoms with van der Waals surface area (Å²) in [6, 6.07) is 7.30. The number of benzene rings is 1. The van der Waals surface area contributed by atoms with Crippen LogP contribution in [0.1, 0.15) is 12.0 Å². The minimum absolute atomic E-state index is 0.0176. The molecular weight excluding hydrogens is 360 g/mol. The van der Waals surface area contributed by atoms with Gasteiger partial charge in [0.05, 0.1) is 0 Å². The van der Waals surface area contributed by atoms with Crippen molar-refractivity contribution in [3.8, 4) is 11.8 Å². The van der Waals surface area contributed by atoms with Crippen molar-refractivity contribution in [3.63, 3.8) is 0 Å². The standard InChI is InChI=1S/C17H19BrN2O3/c1-3-8-23-16-6-5-15(18)11-13(16)10-14(12-19)17(21)20-7-4-9-22-2/h3,5-6,10-11H,1,4,7-9H2,2H3,(H,20,21)/b14-10+. The topological polar surface area (TPSA) is 71.3 Å². The van der Waals surface area contributed by atoms with E-state index in [2.05, 4.69) is 27.8 Å². The van der Waals surface area contributed by atoms with Crippen molar-refractivity contribution in [1.29, 1.82) is 5.26 Å². The summed E-state index contributed by atoms with van der Waals surface area (Å²) in [5, 5.41) is 11.9. The SMILES string of the molecule is C=CCOc1ccc(Br)cc1/C=C(\C#N)C(=O)NCCCOC. The molecule has 0 heterocycles. The van der Waals surface area contributed by atoms with E-state index in [9.17, 15) is 10.1 Å². The zero-order valence-electron chi connectivity index (χ0n) is 13.0. The number of methoxy groups -OCH3 is 1. The van der Waals surface area contributed by atoms with Gasteiger partial charge in [0.25, 0.3) is 5.91 Å². The highest BCUT2D eigenvalue weighted by atomic mass is 79.9. The summed E-state index contributed by atoms with van der Waals surface area (Å²) >= 11 is 3.37. The average Bonchev–Trinajstić information content (AvgIpc) is 2.55. The van der Waals surface area contributed by atoms with Crippen LogP contribution in [-0.4, -0.2) is 32.8 Å². The van der Waals surface area contributed by atoms with Crippen molar-refractivity contribution in [2.45, 2.75) is 6.42 Å². The Labute approximate surface area is 144 Å². The van der Waals surface area contributed by atoms with Gasteiger partial charge < -0.3 is 14.8 Å². The third-order valence-corrected chi connectivity index (χ3v) is 3.30. The van der Waals surface area contributed by atoms with Gasteiger partial charge in [-0.25, -0.2) is 0 Å². The van der Waals surface area contributed by atoms with Crippen LogP contribution in [0.25, 0.3) is 6.08 Å². The van der Waals surface area contributed by atoms with Crippen molar-refractivity contribution < 1.29 is 14.3 Å². The number of nitrogens with zero attached hydrogens (tertiary/aromatic N) is 1. The summed E-state index contributed by atoms with van der Waals surface area (Å²) in [5.74, 6) is 0.159. The molecule has 0 atom stereocenters. The van der Waals surface area contributed by atoms with Crippen LogP contribution >= 0.6 is 15.9 Å². The van der Waals surface area contributed by atoms with E-state index in [0.717, 1.165) is 4.47 Å². The number of amides is 1. The first-order valence-corrected chi connectivity index (χ1v) is 7.83. The predicted octanol–water partition coefficient (Wildman–Crippen LogP) is 3.07. The molecule has 1 amide bonds. The van der Waals surface area contributed by atoms with Gasteiger partial charge in [-0.15, -0.1) is 0 Å². The number of halogens is 1. The molecular formula is C17H19BrN2O3. The second kappa shape index (κ2) is 10.6. The summed E-state index contributed by atoms with van der Waals surface area (Å²) in [5.41, 5.74) is 0.661. The van der Waals surface area contributed by atoms with E-state index < -0.39 is 5.91 Å². The molecule has 0 saturated heterocycles. The smallest absolute Gasteiger partial charge is 0.261 e. The zero-order chi connectivity index (χ0) is 17.1. The first-order valence-electron chi connectivity index (χ1n) is 7.04. The summed E-state index contributed by atoms with van der Waals surface area (Å²) in [7, 11) is 1.60. The fourth-order valence-electron chi connectivity index (χ4n) is 1.73. The number of carbonyl (C=O) groups excluding carboxylic acids is 1. The van der Waals surface area contributed by atoms with Gasteiger partial charge in [0, 0.05) is 30.3 Å². The molecule has 1 N–H and O–H groups in total. The van der Waals surface area contributed by atoms with Crippen LogP contribution in [0.5, 0.6) is 5.75 Å². The van der Waals surface area contributed by atoms with Crippen LogP contribution in [0.15, 0.2) is 40.9 Å². The minimum Gasteiger partial charge on any atom is -0.489 e. The molecule has 1 rings (SSSR count). The zero-order valence-corrected chi connectivity index (χ0v) is 14.6. The molecule has 0 spiro atoms. The van der Waals surface area contributed by atoms with E-state index in [-0.39, 0.29) is 5.57 Å². The fraction of sp³-hybridized carbons (Fsp3) is 0.294. The summed E-state index contributed by atoms with van der Waals surface area (Å²) in [6.07, 6.45) is 3.82. The molecule has 23 heavy (non-hydrogen) atoms. The highest BCUT2D eigenvalue weighted by Gasteiger charge is 2.11. The molecule has 0 saturated carbocycles. The lowest BCUT2D eigenvalue weighted by molar-refractivity contribution is -0.117. The Morgan fingerprint density at radius 2 is 2.30 bits per heavy atom. The van der Waals surface area contributed by atoms with Crippen molar-refractivity contribution in [2.24, 2.45) is 0 Å². The third kappa shape index (κ3) is 6.68. The van der Waals surface area contributed by atoms with Gasteiger partial charge in [-0.2, -0.15) is 5.26 Å². The van der Waals surface area contributed by atoms with Crippen LogP contribution in [0, 0.1) is 11.3 Å². The molecule has 0 unspecified atom stereocenters. The number of carbonyl (C=O) groups is 1. The Morgan fingerprint density at radius 3 is 2.96 bits per heavy atom. The van der Waals surface area contributed by atoms with Crippen molar-refractivity contribution in [3.05, 3.63) is 46.5 Å². The molecule has 1 aromatic rings. The highest BCUT2D eigenvalue weighted by Crippen LogP contribution is 2.25. The lowest BCUT2D eigenvalue weighted by atomic mass is 10.1. The molecule has 0 bridgehead atoms. The highest BCUT2D eigenvalue weighted by molar-refractivity contribution is 9.10. The molecule has 0 fully saturated rings. The molecule has 122 valence electrons. The van der Waals surface area contributed by atoms with Crippen molar-refractivity contribution in [2.75, 3.05) is 26.9 Å². The molecule has 0 aliphatic heterocycles. The Balaban J connectivity index is 2.92. The molecule has 0 aliphatic rings. The van der Waals surface area contributed by atoms with E-state index in [0.29, 0.717) is 37.5 Å². The van der Waals surface area contributed by atoms with Crippen molar-refractivity contribution >= 4 is 27.9 Å². The second-order valence-corrected chi connectivity index (χ2v) is 5.47. The monoisotopic (exact) mass is 378 g/mol. The number of nitriles is 1. The largest absolute Gasteiger partial charge is 0.489 e. The molecule has 1 aromatic carbocycles. The number of nitrogens with one attached hydrogen (secondary N) is 1. The number of hydrogen-bond donors (Lipinski definition) is 1. The minimum atomic E-state index is -0.418. The van der Waals surface area contributed by atoms with E-state index in [1.54, 1.807) is 25.3 Å². The van der Waals surface area contributed by atoms with E-state index in [1.807, 2.05) is 12.1 Å². The second-order valence-electron chi connectivity index (χ2n) is 4.55. The van der Waals surface area contributed by atoms with Crippen LogP contribution in [0.2, 0.25) is 0 Å². The Hall–Kier alpha value is -2.10. The van der Waals surface area contributed by atoms with Crippen LogP contribution in [0.4, 0.5) is 0 Å². The first kappa shape index (κ1) is 18.9. The van der Waals surface area contributed by atoms with Gasteiger partial charge in [-0.1, -0.05) is 28.6 Å². The van der Waals surface area contributed by atoms with Gasteiger partial charge in [-0.3, -0.25) is 4.79 Å². The summed E-state index contributed by atoms with van der Waals surface area (Å²) in [4.78, 5) is 12.0. The molecule has 6 heteroatoms. The molecule has 0 radical (unpaired) electrons. The quantitative estimate of drug-likeness (QED) is 0.310. The number of hydrogen-bond acceptors (Lipinski definition) is 4. The molecule has 0 aromatic heterocycles. The lowest BCUT2D eigenvalue weighted by Gasteiger charge is -2.09. The maximum Gasteiger partial charge on any atom is 0.261 e. The third-order valence-electron chi connectivity index (χ3n) is 2.80. The van der Waals surface area contributed by atoms with Crippen LogP contribution in [-0.2, 0) is 9.53 Å². The van der Waals surface area contributed by atoms with E-state index in [1.165, 1.54) is 6.08 Å². The van der Waals surface area contributed by atoms with Crippen molar-refractivity contribution in [1.82, 2.24) is 5.32 Å². The van der Waals surface area contributed by atoms with E-state index >= 15 is 0 Å². The van der Waals surface area contributed by atoms with Crippen LogP contribution in [0.3, 0.4) is 0 Å². The predicted molar refractivity (Wildman–Crippen MR) is 92.9 cm³/mol. The maximum atomic E-state index is 12.0. The van der Waals surface area contributed by atoms with Crippen LogP contribution < -0.4 is 10.1 Å². The fourth-order valence-corrected chi connectivity index (χ4v) is 2.11.